The van der Waals surface area contributed by atoms with Crippen molar-refractivity contribution in [1.82, 2.24) is 10.2 Å². The second-order valence-electron chi connectivity index (χ2n) is 5.21. The van der Waals surface area contributed by atoms with Crippen molar-refractivity contribution in [3.8, 4) is 5.75 Å². The molecule has 1 aromatic carbocycles. The van der Waals surface area contributed by atoms with Crippen molar-refractivity contribution in [2.75, 3.05) is 33.9 Å². The van der Waals surface area contributed by atoms with Crippen LogP contribution in [0.2, 0.25) is 0 Å². The zero-order valence-corrected chi connectivity index (χ0v) is 12.9. The van der Waals surface area contributed by atoms with Gasteiger partial charge < -0.3 is 20.1 Å². The fraction of sp³-hybridized carbons (Fsp3) is 0.625. The summed E-state index contributed by atoms with van der Waals surface area (Å²) in [4.78, 5) is 2.28. The van der Waals surface area contributed by atoms with E-state index in [2.05, 4.69) is 36.3 Å². The van der Waals surface area contributed by atoms with Gasteiger partial charge in [-0.15, -0.1) is 0 Å². The molecule has 4 heteroatoms. The average Bonchev–Trinajstić information content (AvgIpc) is 2.45. The summed E-state index contributed by atoms with van der Waals surface area (Å²) in [6, 6.07) is 8.52. The summed E-state index contributed by atoms with van der Waals surface area (Å²) in [6.45, 7) is 5.23. The Hall–Kier alpha value is -1.10. The molecule has 0 bridgehead atoms. The van der Waals surface area contributed by atoms with Gasteiger partial charge in [-0.1, -0.05) is 19.1 Å². The zero-order chi connectivity index (χ0) is 14.8. The lowest BCUT2D eigenvalue weighted by Gasteiger charge is -2.24. The van der Waals surface area contributed by atoms with Crippen LogP contribution in [0.4, 0.5) is 0 Å². The molecule has 1 aromatic rings. The van der Waals surface area contributed by atoms with Crippen LogP contribution in [-0.2, 0) is 6.54 Å². The van der Waals surface area contributed by atoms with Crippen molar-refractivity contribution in [2.24, 2.45) is 0 Å². The Kier molecular flexibility index (Phi) is 8.26. The highest BCUT2D eigenvalue weighted by molar-refractivity contribution is 5.27. The first-order chi connectivity index (χ1) is 9.69. The number of nitrogens with zero attached hydrogens (tertiary/aromatic N) is 1. The average molecular weight is 280 g/mol. The third kappa shape index (κ3) is 6.37. The van der Waals surface area contributed by atoms with Gasteiger partial charge in [-0.05, 0) is 44.1 Å². The minimum absolute atomic E-state index is 0.234. The minimum atomic E-state index is 0.234. The number of methoxy groups -OCH3 is 1. The van der Waals surface area contributed by atoms with Gasteiger partial charge in [0.25, 0.3) is 0 Å². The number of likely N-dealkylation sites (N-methyl/N-ethyl adjacent to an activating group) is 1. The summed E-state index contributed by atoms with van der Waals surface area (Å²) in [7, 11) is 3.79. The third-order valence-corrected chi connectivity index (χ3v) is 3.30. The molecule has 0 heterocycles. The number of hydrogen-bond acceptors (Lipinski definition) is 4. The van der Waals surface area contributed by atoms with Crippen molar-refractivity contribution in [1.29, 1.82) is 0 Å². The molecule has 1 unspecified atom stereocenters. The quantitative estimate of drug-likeness (QED) is 0.687. The minimum Gasteiger partial charge on any atom is -0.497 e. The summed E-state index contributed by atoms with van der Waals surface area (Å²) in [5.74, 6) is 0.888. The Labute approximate surface area is 122 Å². The smallest absolute Gasteiger partial charge is 0.118 e. The molecule has 2 N–H and O–H groups in total. The number of nitrogens with one attached hydrogen (secondary N) is 1. The van der Waals surface area contributed by atoms with Crippen LogP contribution in [0.3, 0.4) is 0 Å². The fourth-order valence-electron chi connectivity index (χ4n) is 2.25. The van der Waals surface area contributed by atoms with Gasteiger partial charge in [0.05, 0.1) is 7.11 Å². The molecule has 1 rings (SSSR count). The van der Waals surface area contributed by atoms with E-state index in [1.165, 1.54) is 5.56 Å². The number of rotatable bonds is 10. The molecule has 0 aliphatic carbocycles. The van der Waals surface area contributed by atoms with Gasteiger partial charge >= 0.3 is 0 Å². The van der Waals surface area contributed by atoms with Gasteiger partial charge in [-0.2, -0.15) is 0 Å². The molecule has 114 valence electrons. The first-order valence-electron chi connectivity index (χ1n) is 7.35. The molecule has 0 aromatic heterocycles. The van der Waals surface area contributed by atoms with Gasteiger partial charge in [-0.25, -0.2) is 0 Å². The molecular formula is C16H28N2O2. The van der Waals surface area contributed by atoms with Crippen LogP contribution >= 0.6 is 0 Å². The van der Waals surface area contributed by atoms with Gasteiger partial charge in [0.15, 0.2) is 0 Å². The molecule has 0 saturated heterocycles. The highest BCUT2D eigenvalue weighted by atomic mass is 16.5. The number of ether oxygens (including phenoxy) is 1. The second kappa shape index (κ2) is 9.75. The molecular weight excluding hydrogens is 252 g/mol. The lowest BCUT2D eigenvalue weighted by Crippen LogP contribution is -2.40. The summed E-state index contributed by atoms with van der Waals surface area (Å²) >= 11 is 0. The number of aliphatic hydroxyl groups excluding tert-OH is 1. The number of hydrogen-bond donors (Lipinski definition) is 2. The summed E-state index contributed by atoms with van der Waals surface area (Å²) in [5, 5.41) is 12.6. The van der Waals surface area contributed by atoms with Crippen LogP contribution in [0.25, 0.3) is 0 Å². The molecule has 0 amide bonds. The van der Waals surface area contributed by atoms with Crippen LogP contribution in [0.5, 0.6) is 5.75 Å². The van der Waals surface area contributed by atoms with E-state index < -0.39 is 0 Å². The van der Waals surface area contributed by atoms with Gasteiger partial charge in [0.2, 0.25) is 0 Å². The van der Waals surface area contributed by atoms with Crippen molar-refractivity contribution < 1.29 is 9.84 Å². The van der Waals surface area contributed by atoms with E-state index in [-0.39, 0.29) is 6.61 Å². The molecule has 1 atom stereocenters. The van der Waals surface area contributed by atoms with Crippen LogP contribution in [0.1, 0.15) is 25.3 Å². The second-order valence-corrected chi connectivity index (χ2v) is 5.21. The van der Waals surface area contributed by atoms with E-state index in [4.69, 9.17) is 9.84 Å². The molecule has 0 aliphatic rings. The molecule has 0 spiro atoms. The Morgan fingerprint density at radius 1 is 1.30 bits per heavy atom. The van der Waals surface area contributed by atoms with E-state index >= 15 is 0 Å². The molecule has 0 fully saturated rings. The van der Waals surface area contributed by atoms with Crippen LogP contribution in [0, 0.1) is 0 Å². The Morgan fingerprint density at radius 3 is 2.55 bits per heavy atom. The molecule has 0 saturated carbocycles. The summed E-state index contributed by atoms with van der Waals surface area (Å²) in [6.07, 6.45) is 1.91. The monoisotopic (exact) mass is 280 g/mol. The highest BCUT2D eigenvalue weighted by Crippen LogP contribution is 2.12. The third-order valence-electron chi connectivity index (χ3n) is 3.30. The first kappa shape index (κ1) is 17.0. The van der Waals surface area contributed by atoms with Crippen LogP contribution < -0.4 is 10.1 Å². The molecule has 4 nitrogen and oxygen atoms in total. The largest absolute Gasteiger partial charge is 0.497 e. The SMILES string of the molecule is CCCNC(CCO)CN(C)Cc1ccc(OC)cc1. The van der Waals surface area contributed by atoms with Gasteiger partial charge in [0.1, 0.15) is 5.75 Å². The Bertz CT molecular complexity index is 354. The lowest BCUT2D eigenvalue weighted by atomic mass is 10.1. The molecule has 0 aliphatic heterocycles. The number of aliphatic hydroxyl groups is 1. The standard InChI is InChI=1S/C16H28N2O2/c1-4-10-17-15(9-11-19)13-18(2)12-14-5-7-16(20-3)8-6-14/h5-8,15,17,19H,4,9-13H2,1-3H3. The van der Waals surface area contributed by atoms with Crippen molar-refractivity contribution in [3.63, 3.8) is 0 Å². The maximum atomic E-state index is 9.12. The predicted octanol–water partition coefficient (Wildman–Crippen LogP) is 1.88. The van der Waals surface area contributed by atoms with Crippen molar-refractivity contribution >= 4 is 0 Å². The first-order valence-corrected chi connectivity index (χ1v) is 7.35. The topological polar surface area (TPSA) is 44.7 Å². The predicted molar refractivity (Wildman–Crippen MR) is 83.1 cm³/mol. The summed E-state index contributed by atoms with van der Waals surface area (Å²) < 4.78 is 5.16. The maximum Gasteiger partial charge on any atom is 0.118 e. The van der Waals surface area contributed by atoms with Crippen molar-refractivity contribution in [3.05, 3.63) is 29.8 Å². The van der Waals surface area contributed by atoms with E-state index in [0.29, 0.717) is 6.04 Å². The van der Waals surface area contributed by atoms with Gasteiger partial charge in [-0.3, -0.25) is 0 Å². The fourth-order valence-corrected chi connectivity index (χ4v) is 2.25. The molecule has 0 radical (unpaired) electrons. The van der Waals surface area contributed by atoms with E-state index in [0.717, 1.165) is 38.2 Å². The van der Waals surface area contributed by atoms with Crippen molar-refractivity contribution in [2.45, 2.75) is 32.4 Å². The van der Waals surface area contributed by atoms with Crippen LogP contribution in [-0.4, -0.2) is 49.9 Å². The van der Waals surface area contributed by atoms with E-state index in [9.17, 15) is 0 Å². The summed E-state index contributed by atoms with van der Waals surface area (Å²) in [5.41, 5.74) is 1.27. The maximum absolute atomic E-state index is 9.12. The Morgan fingerprint density at radius 2 is 2.00 bits per heavy atom. The zero-order valence-electron chi connectivity index (χ0n) is 12.9. The van der Waals surface area contributed by atoms with Gasteiger partial charge in [0, 0.05) is 25.7 Å². The van der Waals surface area contributed by atoms with E-state index in [1.807, 2.05) is 12.1 Å². The van der Waals surface area contributed by atoms with Crippen LogP contribution in [0.15, 0.2) is 24.3 Å². The Balaban J connectivity index is 2.44. The lowest BCUT2D eigenvalue weighted by molar-refractivity contribution is 0.226. The molecule has 20 heavy (non-hydrogen) atoms. The number of benzene rings is 1. The highest BCUT2D eigenvalue weighted by Gasteiger charge is 2.10. The van der Waals surface area contributed by atoms with E-state index in [1.54, 1.807) is 7.11 Å². The normalized spacial score (nSPS) is 12.7.